The zero-order valence-corrected chi connectivity index (χ0v) is 31.8. The fourth-order valence-corrected chi connectivity index (χ4v) is 10.1. The standard InChI is InChI=1S/C38H37F6N7O5S/c1-36(2,3)56-34(52)48-32-23(13-45)26-21(7-8-25(40)30(26)57-32)27-24(38(42,43)44)11-22-29(28(27)41)46-33(55-17-37-9-4-10-50(37)14-18(39)12-37)47-31(22)49-15-19-5-6-20(16-49)51(19)35(53)54/h7-8,11,18-20H,4-6,9-10,12,14-17H2,1-3H3,(H,48,52)(H,53,54)/t18-,19-,20+,37+/m1/s1. The van der Waals surface area contributed by atoms with Gasteiger partial charge in [0.1, 0.15) is 46.6 Å². The minimum absolute atomic E-state index is 0.0484. The predicted molar refractivity (Wildman–Crippen MR) is 197 cm³/mol. The molecule has 4 aliphatic heterocycles. The van der Waals surface area contributed by atoms with E-state index in [9.17, 15) is 24.3 Å². The van der Waals surface area contributed by atoms with Crippen LogP contribution in [0.4, 0.5) is 46.8 Å². The summed E-state index contributed by atoms with van der Waals surface area (Å²) in [5.41, 5.74) is -5.60. The molecule has 4 saturated heterocycles. The van der Waals surface area contributed by atoms with Crippen LogP contribution in [0.25, 0.3) is 32.1 Å². The van der Waals surface area contributed by atoms with Gasteiger partial charge in [-0.25, -0.2) is 22.8 Å². The SMILES string of the molecule is CC(C)(C)OC(=O)Nc1sc2c(F)ccc(-c3c(C(F)(F)F)cc4c(N5C[C@H]6CC[C@@H](C5)N6C(=O)O)nc(OC[C@@]56CCCN5C[C@H](F)C6)nc4c3F)c2c1C#N. The molecule has 4 aliphatic rings. The number of anilines is 2. The van der Waals surface area contributed by atoms with Crippen molar-refractivity contribution in [1.82, 2.24) is 19.8 Å². The number of piperazine rings is 1. The Morgan fingerprint density at radius 1 is 1.12 bits per heavy atom. The van der Waals surface area contributed by atoms with Crippen LogP contribution in [0.1, 0.15) is 64.0 Å². The molecule has 12 nitrogen and oxygen atoms in total. The number of nitrogens with zero attached hydrogens (tertiary/aromatic N) is 6. The van der Waals surface area contributed by atoms with Crippen LogP contribution in [0.2, 0.25) is 0 Å². The van der Waals surface area contributed by atoms with E-state index in [1.165, 1.54) is 4.90 Å². The Hall–Kier alpha value is -5.09. The lowest BCUT2D eigenvalue weighted by Gasteiger charge is -2.40. The molecular formula is C38H37F6N7O5S. The molecule has 2 N–H and O–H groups in total. The number of carbonyl (C=O) groups excluding carboxylic acids is 1. The average molecular weight is 818 g/mol. The summed E-state index contributed by atoms with van der Waals surface area (Å²) in [5.74, 6) is -2.50. The number of nitrogens with one attached hydrogen (secondary N) is 1. The lowest BCUT2D eigenvalue weighted by atomic mass is 9.92. The van der Waals surface area contributed by atoms with Gasteiger partial charge in [0.15, 0.2) is 5.82 Å². The van der Waals surface area contributed by atoms with Crippen molar-refractivity contribution in [3.8, 4) is 23.2 Å². The van der Waals surface area contributed by atoms with E-state index in [4.69, 9.17) is 9.47 Å². The molecule has 0 unspecified atom stereocenters. The second-order valence-electron chi connectivity index (χ2n) is 16.0. The van der Waals surface area contributed by atoms with Crippen molar-refractivity contribution in [1.29, 1.82) is 5.26 Å². The molecule has 0 spiro atoms. The number of halogens is 6. The number of rotatable bonds is 6. The maximum atomic E-state index is 17.4. The Morgan fingerprint density at radius 3 is 2.49 bits per heavy atom. The first-order valence-corrected chi connectivity index (χ1v) is 19.2. The number of alkyl halides is 4. The second-order valence-corrected chi connectivity index (χ2v) is 17.0. The molecule has 2 bridgehead atoms. The third-order valence-corrected chi connectivity index (χ3v) is 12.3. The van der Waals surface area contributed by atoms with E-state index in [0.717, 1.165) is 18.6 Å². The first kappa shape index (κ1) is 38.8. The first-order valence-electron chi connectivity index (χ1n) is 18.4. The summed E-state index contributed by atoms with van der Waals surface area (Å²) in [7, 11) is 0. The van der Waals surface area contributed by atoms with Crippen LogP contribution in [0.3, 0.4) is 0 Å². The van der Waals surface area contributed by atoms with Crippen molar-refractivity contribution >= 4 is 55.3 Å². The minimum Gasteiger partial charge on any atom is -0.465 e. The first-order chi connectivity index (χ1) is 26.9. The zero-order valence-electron chi connectivity index (χ0n) is 31.0. The monoisotopic (exact) mass is 817 g/mol. The number of hydrogen-bond acceptors (Lipinski definition) is 10. The van der Waals surface area contributed by atoms with Gasteiger partial charge in [-0.3, -0.25) is 15.1 Å². The molecule has 4 aromatic rings. The van der Waals surface area contributed by atoms with Gasteiger partial charge in [0.05, 0.1) is 33.4 Å². The van der Waals surface area contributed by atoms with Crippen molar-refractivity contribution in [3.05, 3.63) is 41.0 Å². The van der Waals surface area contributed by atoms with Gasteiger partial charge >= 0.3 is 24.4 Å². The maximum absolute atomic E-state index is 17.4. The summed E-state index contributed by atoms with van der Waals surface area (Å²) in [6.45, 7) is 5.66. The van der Waals surface area contributed by atoms with Crippen molar-refractivity contribution in [2.24, 2.45) is 0 Å². The largest absolute Gasteiger partial charge is 0.465 e. The molecule has 57 heavy (non-hydrogen) atoms. The zero-order chi connectivity index (χ0) is 40.8. The molecule has 0 saturated carbocycles. The van der Waals surface area contributed by atoms with Gasteiger partial charge in [0, 0.05) is 42.4 Å². The Bertz CT molecular complexity index is 2350. The van der Waals surface area contributed by atoms with E-state index in [1.54, 1.807) is 25.7 Å². The quantitative estimate of drug-likeness (QED) is 0.182. The number of nitriles is 1. The van der Waals surface area contributed by atoms with Crippen LogP contribution < -0.4 is 15.0 Å². The van der Waals surface area contributed by atoms with Gasteiger partial charge in [-0.15, -0.1) is 11.3 Å². The fraction of sp³-hybridized carbons (Fsp3) is 0.500. The van der Waals surface area contributed by atoms with Crippen LogP contribution in [0, 0.1) is 23.0 Å². The molecule has 4 fully saturated rings. The molecule has 8 rings (SSSR count). The number of hydrogen-bond donors (Lipinski definition) is 2. The van der Waals surface area contributed by atoms with Crippen molar-refractivity contribution in [3.63, 3.8) is 0 Å². The smallest absolute Gasteiger partial charge is 0.417 e. The molecule has 0 aliphatic carbocycles. The highest BCUT2D eigenvalue weighted by Gasteiger charge is 2.50. The Kier molecular flexibility index (Phi) is 9.38. The fourth-order valence-electron chi connectivity index (χ4n) is 8.99. The van der Waals surface area contributed by atoms with Gasteiger partial charge in [0.25, 0.3) is 0 Å². The minimum atomic E-state index is -5.21. The summed E-state index contributed by atoms with van der Waals surface area (Å²) in [6, 6.07) is 2.93. The molecule has 2 aromatic carbocycles. The molecule has 0 radical (unpaired) electrons. The summed E-state index contributed by atoms with van der Waals surface area (Å²) < 4.78 is 104. The Labute approximate surface area is 325 Å². The number of ether oxygens (including phenoxy) is 2. The van der Waals surface area contributed by atoms with Crippen molar-refractivity contribution < 1.29 is 50.5 Å². The summed E-state index contributed by atoms with van der Waals surface area (Å²) in [6.07, 6.45) is -5.83. The maximum Gasteiger partial charge on any atom is 0.417 e. The van der Waals surface area contributed by atoms with E-state index >= 15 is 22.0 Å². The van der Waals surface area contributed by atoms with E-state index in [2.05, 4.69) is 15.3 Å². The van der Waals surface area contributed by atoms with Crippen LogP contribution in [0.15, 0.2) is 18.2 Å². The number of carboxylic acid groups (broad SMARTS) is 1. The molecule has 6 heterocycles. The Morgan fingerprint density at radius 2 is 1.84 bits per heavy atom. The predicted octanol–water partition coefficient (Wildman–Crippen LogP) is 8.31. The van der Waals surface area contributed by atoms with E-state index in [1.807, 2.05) is 11.0 Å². The van der Waals surface area contributed by atoms with E-state index < -0.39 is 87.2 Å². The van der Waals surface area contributed by atoms with Gasteiger partial charge < -0.3 is 19.5 Å². The second kappa shape index (κ2) is 13.8. The van der Waals surface area contributed by atoms with Gasteiger partial charge in [-0.1, -0.05) is 6.07 Å². The highest BCUT2D eigenvalue weighted by molar-refractivity contribution is 7.23. The summed E-state index contributed by atoms with van der Waals surface area (Å²) in [4.78, 5) is 38.5. The Balaban J connectivity index is 1.32. The van der Waals surface area contributed by atoms with Crippen LogP contribution >= 0.6 is 11.3 Å². The van der Waals surface area contributed by atoms with Gasteiger partial charge in [-0.05, 0) is 70.7 Å². The number of amides is 2. The van der Waals surface area contributed by atoms with Gasteiger partial charge in [0.2, 0.25) is 0 Å². The van der Waals surface area contributed by atoms with Crippen LogP contribution in [0.5, 0.6) is 6.01 Å². The summed E-state index contributed by atoms with van der Waals surface area (Å²) in [5, 5.41) is 21.6. The number of thiophene rings is 1. The number of aromatic nitrogens is 2. The average Bonchev–Trinajstić information content (AvgIpc) is 3.84. The molecule has 2 amide bonds. The number of benzene rings is 2. The molecule has 302 valence electrons. The number of carbonyl (C=O) groups is 2. The highest BCUT2D eigenvalue weighted by atomic mass is 32.1. The van der Waals surface area contributed by atoms with Crippen molar-refractivity contribution in [2.45, 2.75) is 88.4 Å². The summed E-state index contributed by atoms with van der Waals surface area (Å²) >= 11 is 0.577. The lowest BCUT2D eigenvalue weighted by Crippen LogP contribution is -2.55. The third-order valence-electron chi connectivity index (χ3n) is 11.2. The number of fused-ring (bicyclic) bond motifs is 5. The normalized spacial score (nSPS) is 23.6. The lowest BCUT2D eigenvalue weighted by molar-refractivity contribution is -0.137. The van der Waals surface area contributed by atoms with Crippen LogP contribution in [-0.2, 0) is 10.9 Å². The topological polar surface area (TPSA) is 144 Å². The van der Waals surface area contributed by atoms with Gasteiger partial charge in [-0.2, -0.15) is 28.4 Å². The van der Waals surface area contributed by atoms with E-state index in [0.29, 0.717) is 43.2 Å². The van der Waals surface area contributed by atoms with Crippen molar-refractivity contribution in [2.75, 3.05) is 43.0 Å². The third kappa shape index (κ3) is 6.79. The van der Waals surface area contributed by atoms with E-state index in [-0.39, 0.29) is 65.0 Å². The highest BCUT2D eigenvalue weighted by Crippen LogP contribution is 2.49. The molecule has 4 atom stereocenters. The molecule has 2 aromatic heterocycles. The molecular weight excluding hydrogens is 781 g/mol. The molecule has 19 heteroatoms. The van der Waals surface area contributed by atoms with Crippen LogP contribution in [-0.4, -0.2) is 99.2 Å².